The van der Waals surface area contributed by atoms with Gasteiger partial charge >= 0.3 is 11.9 Å². The van der Waals surface area contributed by atoms with Crippen molar-refractivity contribution in [3.05, 3.63) is 48.0 Å². The summed E-state index contributed by atoms with van der Waals surface area (Å²) in [5, 5.41) is 0. The van der Waals surface area contributed by atoms with E-state index in [1.807, 2.05) is 0 Å². The Morgan fingerprint density at radius 1 is 1.00 bits per heavy atom. The van der Waals surface area contributed by atoms with Crippen molar-refractivity contribution in [2.45, 2.75) is 20.8 Å². The van der Waals surface area contributed by atoms with Crippen LogP contribution in [0, 0.1) is 5.41 Å². The highest BCUT2D eigenvalue weighted by Crippen LogP contribution is 2.23. The molecule has 0 saturated heterocycles. The van der Waals surface area contributed by atoms with Gasteiger partial charge in [-0.05, 0) is 26.8 Å². The second-order valence-electron chi connectivity index (χ2n) is 5.04. The maximum atomic E-state index is 12.3. The number of ether oxygens (including phenoxy) is 2. The summed E-state index contributed by atoms with van der Waals surface area (Å²) in [5.74, 6) is -3.55. The number of carbonyl (C=O) groups is 4. The number of Topliss-reactive ketones (excluding diaryl/α,β-unsaturated/α-hetero) is 1. The van der Waals surface area contributed by atoms with Crippen LogP contribution >= 0.6 is 0 Å². The van der Waals surface area contributed by atoms with Crippen molar-refractivity contribution >= 4 is 23.5 Å². The smallest absolute Gasteiger partial charge is 0.376 e. The molecule has 0 spiro atoms. The van der Waals surface area contributed by atoms with E-state index in [0.717, 1.165) is 12.2 Å². The Morgan fingerprint density at radius 3 is 2.12 bits per heavy atom. The molecule has 0 aromatic heterocycles. The molecule has 1 rings (SSSR count). The molecule has 1 atom stereocenters. The predicted molar refractivity (Wildman–Crippen MR) is 86.3 cm³/mol. The average Bonchev–Trinajstić information content (AvgIpc) is 2.59. The Balaban J connectivity index is 3.12. The molecule has 1 aromatic rings. The lowest BCUT2D eigenvalue weighted by Crippen LogP contribution is -2.41. The lowest BCUT2D eigenvalue weighted by molar-refractivity contribution is -0.165. The number of rotatable bonds is 8. The molecule has 0 radical (unpaired) electrons. The van der Waals surface area contributed by atoms with Crippen molar-refractivity contribution in [3.63, 3.8) is 0 Å². The zero-order chi connectivity index (χ0) is 18.2. The van der Waals surface area contributed by atoms with Crippen molar-refractivity contribution in [1.82, 2.24) is 0 Å². The third kappa shape index (κ3) is 4.62. The Kier molecular flexibility index (Phi) is 7.04. The van der Waals surface area contributed by atoms with E-state index in [-0.39, 0.29) is 13.2 Å². The van der Waals surface area contributed by atoms with Gasteiger partial charge in [-0.1, -0.05) is 36.4 Å². The minimum atomic E-state index is -1.92. The van der Waals surface area contributed by atoms with E-state index < -0.39 is 28.9 Å². The molecule has 0 saturated carbocycles. The van der Waals surface area contributed by atoms with Gasteiger partial charge in [-0.15, -0.1) is 0 Å². The highest BCUT2D eigenvalue weighted by Gasteiger charge is 2.44. The molecule has 0 N–H and O–H groups in total. The monoisotopic (exact) mass is 332 g/mol. The number of allylic oxidation sites excluding steroid dienone is 1. The van der Waals surface area contributed by atoms with Gasteiger partial charge in [-0.25, -0.2) is 4.79 Å². The molecule has 1 aromatic carbocycles. The summed E-state index contributed by atoms with van der Waals surface area (Å²) in [7, 11) is 0. The number of benzene rings is 1. The van der Waals surface area contributed by atoms with Gasteiger partial charge in [-0.2, -0.15) is 0 Å². The van der Waals surface area contributed by atoms with Gasteiger partial charge in [0.1, 0.15) is 0 Å². The van der Waals surface area contributed by atoms with E-state index in [9.17, 15) is 19.2 Å². The number of esters is 2. The average molecular weight is 332 g/mol. The molecule has 0 fully saturated rings. The zero-order valence-corrected chi connectivity index (χ0v) is 13.9. The van der Waals surface area contributed by atoms with Crippen LogP contribution in [0.25, 0.3) is 0 Å². The quantitative estimate of drug-likeness (QED) is 0.238. The number of ketones is 2. The number of carbonyl (C=O) groups excluding carboxylic acids is 4. The van der Waals surface area contributed by atoms with Crippen molar-refractivity contribution in [2.75, 3.05) is 13.2 Å². The van der Waals surface area contributed by atoms with Gasteiger partial charge in [-0.3, -0.25) is 14.4 Å². The van der Waals surface area contributed by atoms with Crippen LogP contribution in [0.1, 0.15) is 31.1 Å². The summed E-state index contributed by atoms with van der Waals surface area (Å²) in [5.41, 5.74) is -1.53. The first-order valence-electron chi connectivity index (χ1n) is 7.54. The van der Waals surface area contributed by atoms with Crippen molar-refractivity contribution in [3.8, 4) is 0 Å². The van der Waals surface area contributed by atoms with Crippen LogP contribution in [-0.4, -0.2) is 36.7 Å². The summed E-state index contributed by atoms with van der Waals surface area (Å²) < 4.78 is 9.52. The Bertz CT molecular complexity index is 647. The van der Waals surface area contributed by atoms with Crippen LogP contribution in [0.5, 0.6) is 0 Å². The molecule has 0 amide bonds. The third-order valence-corrected chi connectivity index (χ3v) is 3.26. The Labute approximate surface area is 140 Å². The minimum Gasteiger partial charge on any atom is -0.465 e. The lowest BCUT2D eigenvalue weighted by Gasteiger charge is -2.20. The first kappa shape index (κ1) is 19.3. The summed E-state index contributed by atoms with van der Waals surface area (Å²) in [6.07, 6.45) is 2.17. The first-order chi connectivity index (χ1) is 11.4. The largest absolute Gasteiger partial charge is 0.465 e. The highest BCUT2D eigenvalue weighted by molar-refractivity contribution is 6.40. The molecular weight excluding hydrogens is 312 g/mol. The SMILES string of the molecule is CCOC(=O)C(=O)C(C)(C=CC(=O)c1ccccc1)C(=O)OCC. The summed E-state index contributed by atoms with van der Waals surface area (Å²) in [6.45, 7) is 4.37. The normalized spacial score (nSPS) is 13.1. The van der Waals surface area contributed by atoms with Gasteiger partial charge in [0.05, 0.1) is 13.2 Å². The van der Waals surface area contributed by atoms with E-state index in [4.69, 9.17) is 4.74 Å². The molecule has 0 heterocycles. The fourth-order valence-corrected chi connectivity index (χ4v) is 1.87. The molecule has 1 unspecified atom stereocenters. The first-order valence-corrected chi connectivity index (χ1v) is 7.54. The van der Waals surface area contributed by atoms with Gasteiger partial charge in [0.15, 0.2) is 11.2 Å². The topological polar surface area (TPSA) is 86.7 Å². The Hall–Kier alpha value is -2.76. The molecular formula is C18H20O6. The van der Waals surface area contributed by atoms with E-state index in [2.05, 4.69) is 4.74 Å². The number of hydrogen-bond donors (Lipinski definition) is 0. The summed E-state index contributed by atoms with van der Waals surface area (Å²) in [6, 6.07) is 8.33. The van der Waals surface area contributed by atoms with E-state index in [1.165, 1.54) is 6.92 Å². The molecule has 0 aliphatic heterocycles. The molecule has 6 nitrogen and oxygen atoms in total. The van der Waals surface area contributed by atoms with Crippen molar-refractivity contribution in [1.29, 1.82) is 0 Å². The third-order valence-electron chi connectivity index (χ3n) is 3.26. The summed E-state index contributed by atoms with van der Waals surface area (Å²) in [4.78, 5) is 48.3. The molecule has 0 aliphatic rings. The standard InChI is InChI=1S/C18H20O6/c1-4-23-16(21)15(20)18(3,17(22)24-5-2)12-11-14(19)13-9-7-6-8-10-13/h6-12H,4-5H2,1-3H3. The predicted octanol–water partition coefficient (Wildman–Crippen LogP) is 2.13. The van der Waals surface area contributed by atoms with E-state index in [1.54, 1.807) is 44.2 Å². The molecule has 128 valence electrons. The second-order valence-corrected chi connectivity index (χ2v) is 5.04. The maximum Gasteiger partial charge on any atom is 0.376 e. The molecule has 6 heteroatoms. The van der Waals surface area contributed by atoms with Crippen LogP contribution in [0.2, 0.25) is 0 Å². The van der Waals surface area contributed by atoms with Crippen molar-refractivity contribution in [2.24, 2.45) is 5.41 Å². The van der Waals surface area contributed by atoms with E-state index >= 15 is 0 Å². The fourth-order valence-electron chi connectivity index (χ4n) is 1.87. The van der Waals surface area contributed by atoms with Gasteiger partial charge < -0.3 is 9.47 Å². The lowest BCUT2D eigenvalue weighted by atomic mass is 9.84. The highest BCUT2D eigenvalue weighted by atomic mass is 16.5. The molecule has 0 bridgehead atoms. The minimum absolute atomic E-state index is 0.00383. The molecule has 0 aliphatic carbocycles. The molecule has 24 heavy (non-hydrogen) atoms. The Morgan fingerprint density at radius 2 is 1.58 bits per heavy atom. The van der Waals surface area contributed by atoms with Crippen LogP contribution in [0.15, 0.2) is 42.5 Å². The van der Waals surface area contributed by atoms with Gasteiger partial charge in [0.25, 0.3) is 5.78 Å². The zero-order valence-electron chi connectivity index (χ0n) is 13.9. The van der Waals surface area contributed by atoms with Crippen molar-refractivity contribution < 1.29 is 28.7 Å². The van der Waals surface area contributed by atoms with Crippen LogP contribution in [0.4, 0.5) is 0 Å². The number of hydrogen-bond acceptors (Lipinski definition) is 6. The van der Waals surface area contributed by atoms with E-state index in [0.29, 0.717) is 5.56 Å². The second kappa shape index (κ2) is 8.76. The van der Waals surface area contributed by atoms with Crippen LogP contribution in [-0.2, 0) is 23.9 Å². The fraction of sp³-hybridized carbons (Fsp3) is 0.333. The van der Waals surface area contributed by atoms with Crippen LogP contribution < -0.4 is 0 Å². The van der Waals surface area contributed by atoms with Gasteiger partial charge in [0, 0.05) is 5.56 Å². The van der Waals surface area contributed by atoms with Crippen LogP contribution in [0.3, 0.4) is 0 Å². The van der Waals surface area contributed by atoms with Gasteiger partial charge in [0.2, 0.25) is 0 Å². The summed E-state index contributed by atoms with van der Waals surface area (Å²) >= 11 is 0. The maximum absolute atomic E-state index is 12.3.